The predicted octanol–water partition coefficient (Wildman–Crippen LogP) is 4.03. The van der Waals surface area contributed by atoms with Crippen molar-refractivity contribution >= 4 is 34.4 Å². The Balaban J connectivity index is 1.36. The van der Waals surface area contributed by atoms with E-state index in [2.05, 4.69) is 15.8 Å². The molecule has 0 saturated carbocycles. The van der Waals surface area contributed by atoms with Crippen molar-refractivity contribution in [2.75, 3.05) is 0 Å². The molecule has 0 bridgehead atoms. The van der Waals surface area contributed by atoms with Crippen molar-refractivity contribution in [3.8, 4) is 5.75 Å². The minimum absolute atomic E-state index is 0.160. The Morgan fingerprint density at radius 1 is 0.943 bits per heavy atom. The van der Waals surface area contributed by atoms with Gasteiger partial charge in [0.15, 0.2) is 0 Å². The Kier molecular flexibility index (Phi) is 7.12. The number of hydrogen-bond donors (Lipinski definition) is 2. The van der Waals surface area contributed by atoms with Crippen LogP contribution in [-0.2, 0) is 13.2 Å². The van der Waals surface area contributed by atoms with Gasteiger partial charge < -0.3 is 9.30 Å². The Bertz CT molecular complexity index is 1450. The second-order valence-corrected chi connectivity index (χ2v) is 8.23. The highest BCUT2D eigenvalue weighted by molar-refractivity contribution is 6.30. The topological polar surface area (TPSA) is 102 Å². The average Bonchev–Trinajstić information content (AvgIpc) is 2.87. The van der Waals surface area contributed by atoms with Crippen LogP contribution in [0, 0.1) is 6.92 Å². The van der Waals surface area contributed by atoms with Gasteiger partial charge in [-0.2, -0.15) is 0 Å². The molecule has 0 spiro atoms. The van der Waals surface area contributed by atoms with E-state index < -0.39 is 11.8 Å². The van der Waals surface area contributed by atoms with E-state index in [1.165, 1.54) is 0 Å². The first-order valence-electron chi connectivity index (χ1n) is 10.9. The third-order valence-electron chi connectivity index (χ3n) is 5.41. The number of nitrogens with zero attached hydrogens (tertiary/aromatic N) is 2. The first-order valence-corrected chi connectivity index (χ1v) is 11.3. The molecule has 8 nitrogen and oxygen atoms in total. The molecule has 4 rings (SSSR count). The molecular weight excluding hydrogens is 468 g/mol. The lowest BCUT2D eigenvalue weighted by Gasteiger charge is -2.11. The second-order valence-electron chi connectivity index (χ2n) is 7.80. The number of hydrazine groups is 1. The molecule has 0 atom stereocenters. The van der Waals surface area contributed by atoms with Crippen molar-refractivity contribution in [1.29, 1.82) is 0 Å². The van der Waals surface area contributed by atoms with Gasteiger partial charge in [-0.15, -0.1) is 0 Å². The first kappa shape index (κ1) is 24.0. The van der Waals surface area contributed by atoms with Crippen LogP contribution in [0.1, 0.15) is 38.9 Å². The number of carbonyl (C=O) groups excluding carboxylic acids is 2. The highest BCUT2D eigenvalue weighted by atomic mass is 35.5. The number of fused-ring (bicyclic) bond motifs is 1. The second kappa shape index (κ2) is 10.4. The van der Waals surface area contributed by atoms with Crippen LogP contribution in [0.25, 0.3) is 11.0 Å². The summed E-state index contributed by atoms with van der Waals surface area (Å²) < 4.78 is 7.30. The zero-order valence-electron chi connectivity index (χ0n) is 19.2. The van der Waals surface area contributed by atoms with Gasteiger partial charge in [0.25, 0.3) is 17.4 Å². The number of rotatable bonds is 6. The molecule has 0 aliphatic rings. The van der Waals surface area contributed by atoms with Gasteiger partial charge in [0.05, 0.1) is 11.0 Å². The van der Waals surface area contributed by atoms with E-state index in [0.29, 0.717) is 51.8 Å². The maximum Gasteiger partial charge on any atom is 0.272 e. The molecule has 1 heterocycles. The molecule has 0 aliphatic carbocycles. The molecule has 35 heavy (non-hydrogen) atoms. The predicted molar refractivity (Wildman–Crippen MR) is 134 cm³/mol. The Labute approximate surface area is 206 Å². The fourth-order valence-electron chi connectivity index (χ4n) is 3.54. The van der Waals surface area contributed by atoms with Crippen LogP contribution < -0.4 is 21.1 Å². The van der Waals surface area contributed by atoms with Gasteiger partial charge in [0.2, 0.25) is 0 Å². The van der Waals surface area contributed by atoms with Crippen molar-refractivity contribution in [1.82, 2.24) is 20.4 Å². The Hall–Kier alpha value is -4.17. The largest absolute Gasteiger partial charge is 0.489 e. The standard InChI is InChI=1S/C26H23ClN4O4/c1-3-31-23-13-8-19(14-22(23)28-16(2)26(31)34)25(33)30-29-24(32)18-6-4-17(5-7-18)15-35-21-11-9-20(27)10-12-21/h4-14H,3,15H2,1-2H3,(H,29,32)(H,30,33). The van der Waals surface area contributed by atoms with Crippen molar-refractivity contribution in [3.63, 3.8) is 0 Å². The van der Waals surface area contributed by atoms with Crippen molar-refractivity contribution in [2.45, 2.75) is 27.0 Å². The van der Waals surface area contributed by atoms with E-state index in [1.807, 2.05) is 6.92 Å². The number of aromatic nitrogens is 2. The highest BCUT2D eigenvalue weighted by Crippen LogP contribution is 2.17. The minimum Gasteiger partial charge on any atom is -0.489 e. The summed E-state index contributed by atoms with van der Waals surface area (Å²) in [4.78, 5) is 41.6. The molecule has 0 saturated heterocycles. The van der Waals surface area contributed by atoms with Gasteiger partial charge in [-0.05, 0) is 74.0 Å². The lowest BCUT2D eigenvalue weighted by atomic mass is 10.1. The summed E-state index contributed by atoms with van der Waals surface area (Å²) in [5.74, 6) is -0.268. The summed E-state index contributed by atoms with van der Waals surface area (Å²) in [6, 6.07) is 18.7. The Morgan fingerprint density at radius 2 is 1.57 bits per heavy atom. The van der Waals surface area contributed by atoms with Crippen LogP contribution in [0.5, 0.6) is 5.75 Å². The van der Waals surface area contributed by atoms with Crippen molar-refractivity contribution < 1.29 is 14.3 Å². The third kappa shape index (κ3) is 5.50. The van der Waals surface area contributed by atoms with Crippen molar-refractivity contribution in [3.05, 3.63) is 104 Å². The van der Waals surface area contributed by atoms with Crippen LogP contribution in [0.2, 0.25) is 5.02 Å². The molecule has 0 fully saturated rings. The molecule has 2 N–H and O–H groups in total. The number of aryl methyl sites for hydroxylation is 2. The number of amides is 2. The van der Waals surface area contributed by atoms with E-state index in [4.69, 9.17) is 16.3 Å². The molecule has 2 amide bonds. The maximum atomic E-state index is 12.6. The molecule has 0 radical (unpaired) electrons. The maximum absolute atomic E-state index is 12.6. The fourth-order valence-corrected chi connectivity index (χ4v) is 3.66. The quantitative estimate of drug-likeness (QED) is 0.397. The van der Waals surface area contributed by atoms with E-state index in [-0.39, 0.29) is 5.56 Å². The number of nitrogens with one attached hydrogen (secondary N) is 2. The van der Waals surface area contributed by atoms with Gasteiger partial charge in [0.1, 0.15) is 18.1 Å². The van der Waals surface area contributed by atoms with Gasteiger partial charge in [-0.1, -0.05) is 23.7 Å². The SMILES string of the molecule is CCn1c(=O)c(C)nc2cc(C(=O)NNC(=O)c3ccc(COc4ccc(Cl)cc4)cc3)ccc21. The van der Waals surface area contributed by atoms with Crippen LogP contribution in [0.3, 0.4) is 0 Å². The zero-order chi connectivity index (χ0) is 24.9. The lowest BCUT2D eigenvalue weighted by Crippen LogP contribution is -2.41. The van der Waals surface area contributed by atoms with E-state index in [9.17, 15) is 14.4 Å². The van der Waals surface area contributed by atoms with E-state index >= 15 is 0 Å². The summed E-state index contributed by atoms with van der Waals surface area (Å²) in [7, 11) is 0. The number of ether oxygens (including phenoxy) is 1. The molecule has 9 heteroatoms. The van der Waals surface area contributed by atoms with Gasteiger partial charge >= 0.3 is 0 Å². The molecule has 0 aliphatic heterocycles. The minimum atomic E-state index is -0.498. The summed E-state index contributed by atoms with van der Waals surface area (Å²) in [6.45, 7) is 4.33. The summed E-state index contributed by atoms with van der Waals surface area (Å²) in [6.07, 6.45) is 0. The number of halogens is 1. The van der Waals surface area contributed by atoms with Gasteiger partial charge in [-0.3, -0.25) is 25.2 Å². The average molecular weight is 491 g/mol. The van der Waals surface area contributed by atoms with Crippen LogP contribution in [-0.4, -0.2) is 21.4 Å². The third-order valence-corrected chi connectivity index (χ3v) is 5.66. The molecule has 0 unspecified atom stereocenters. The lowest BCUT2D eigenvalue weighted by molar-refractivity contribution is 0.0846. The smallest absolute Gasteiger partial charge is 0.272 e. The molecular formula is C26H23ClN4O4. The summed E-state index contributed by atoms with van der Waals surface area (Å²) >= 11 is 5.87. The summed E-state index contributed by atoms with van der Waals surface area (Å²) in [5, 5.41) is 0.634. The van der Waals surface area contributed by atoms with Gasteiger partial charge in [-0.25, -0.2) is 4.98 Å². The highest BCUT2D eigenvalue weighted by Gasteiger charge is 2.13. The van der Waals surface area contributed by atoms with Crippen LogP contribution >= 0.6 is 11.6 Å². The fraction of sp³-hybridized carbons (Fsp3) is 0.154. The molecule has 178 valence electrons. The van der Waals surface area contributed by atoms with Crippen LogP contribution in [0.15, 0.2) is 71.5 Å². The van der Waals surface area contributed by atoms with E-state index in [0.717, 1.165) is 5.56 Å². The normalized spacial score (nSPS) is 10.7. The monoisotopic (exact) mass is 490 g/mol. The molecule has 4 aromatic rings. The summed E-state index contributed by atoms with van der Waals surface area (Å²) in [5.41, 5.74) is 7.75. The first-order chi connectivity index (χ1) is 16.9. The molecule has 3 aromatic carbocycles. The van der Waals surface area contributed by atoms with Crippen LogP contribution in [0.4, 0.5) is 0 Å². The van der Waals surface area contributed by atoms with Crippen molar-refractivity contribution in [2.24, 2.45) is 0 Å². The molecule has 1 aromatic heterocycles. The Morgan fingerprint density at radius 3 is 2.23 bits per heavy atom. The number of hydrogen-bond acceptors (Lipinski definition) is 5. The number of benzene rings is 3. The number of carbonyl (C=O) groups is 2. The van der Waals surface area contributed by atoms with E-state index in [1.54, 1.807) is 78.2 Å². The zero-order valence-corrected chi connectivity index (χ0v) is 19.9. The van der Waals surface area contributed by atoms with Gasteiger partial charge in [0, 0.05) is 22.7 Å².